The van der Waals surface area contributed by atoms with E-state index < -0.39 is 30.8 Å². The van der Waals surface area contributed by atoms with E-state index in [-0.39, 0.29) is 6.54 Å². The third-order valence-electron chi connectivity index (χ3n) is 2.98. The molecule has 112 valence electrons. The van der Waals surface area contributed by atoms with E-state index in [1.165, 1.54) is 11.9 Å². The molecular formula is C11H19F3N2O3. The van der Waals surface area contributed by atoms with Gasteiger partial charge in [0.2, 0.25) is 5.91 Å². The first-order chi connectivity index (χ1) is 8.72. The molecule has 0 aromatic rings. The van der Waals surface area contributed by atoms with E-state index >= 15 is 0 Å². The van der Waals surface area contributed by atoms with E-state index in [0.29, 0.717) is 26.1 Å². The lowest BCUT2D eigenvalue weighted by Crippen LogP contribution is -2.49. The zero-order chi connectivity index (χ0) is 14.5. The number of amides is 1. The van der Waals surface area contributed by atoms with Gasteiger partial charge in [-0.1, -0.05) is 0 Å². The normalized spacial score (nSPS) is 19.2. The van der Waals surface area contributed by atoms with Gasteiger partial charge >= 0.3 is 6.18 Å². The molecule has 19 heavy (non-hydrogen) atoms. The summed E-state index contributed by atoms with van der Waals surface area (Å²) in [7, 11) is 1.46. The van der Waals surface area contributed by atoms with Gasteiger partial charge in [0.05, 0.1) is 18.7 Å². The fraction of sp³-hybridized carbons (Fsp3) is 0.909. The molecule has 0 radical (unpaired) electrons. The minimum absolute atomic E-state index is 0.100. The van der Waals surface area contributed by atoms with Gasteiger partial charge in [0.15, 0.2) is 0 Å². The summed E-state index contributed by atoms with van der Waals surface area (Å²) >= 11 is 0. The number of rotatable bonds is 5. The quantitative estimate of drug-likeness (QED) is 0.754. The van der Waals surface area contributed by atoms with E-state index in [9.17, 15) is 23.1 Å². The molecular weight excluding hydrogens is 265 g/mol. The molecule has 5 nitrogen and oxygen atoms in total. The van der Waals surface area contributed by atoms with Crippen molar-refractivity contribution in [2.45, 2.75) is 24.6 Å². The van der Waals surface area contributed by atoms with Crippen molar-refractivity contribution < 1.29 is 27.8 Å². The summed E-state index contributed by atoms with van der Waals surface area (Å²) in [6.45, 7) is -0.661. The maximum absolute atomic E-state index is 11.9. The van der Waals surface area contributed by atoms with Crippen LogP contribution in [0.1, 0.15) is 12.8 Å². The molecule has 1 fully saturated rings. The predicted molar refractivity (Wildman–Crippen MR) is 61.6 cm³/mol. The number of nitrogens with one attached hydrogen (secondary N) is 1. The maximum atomic E-state index is 11.9. The van der Waals surface area contributed by atoms with Crippen LogP contribution in [0.5, 0.6) is 0 Å². The van der Waals surface area contributed by atoms with Crippen molar-refractivity contribution in [3.8, 4) is 0 Å². The Morgan fingerprint density at radius 3 is 2.53 bits per heavy atom. The third kappa shape index (κ3) is 6.22. The first-order valence-electron chi connectivity index (χ1n) is 6.03. The van der Waals surface area contributed by atoms with Crippen molar-refractivity contribution in [3.63, 3.8) is 0 Å². The van der Waals surface area contributed by atoms with Crippen molar-refractivity contribution in [2.24, 2.45) is 0 Å². The summed E-state index contributed by atoms with van der Waals surface area (Å²) in [5.41, 5.74) is -1.01. The summed E-state index contributed by atoms with van der Waals surface area (Å²) in [6.07, 6.45) is -3.50. The van der Waals surface area contributed by atoms with Crippen LogP contribution < -0.4 is 5.32 Å². The molecule has 1 aliphatic rings. The van der Waals surface area contributed by atoms with Gasteiger partial charge in [0.1, 0.15) is 0 Å². The second-order valence-electron chi connectivity index (χ2n) is 4.81. The number of aliphatic hydroxyl groups is 1. The van der Waals surface area contributed by atoms with Crippen molar-refractivity contribution in [3.05, 3.63) is 0 Å². The fourth-order valence-electron chi connectivity index (χ4n) is 1.89. The van der Waals surface area contributed by atoms with E-state index in [2.05, 4.69) is 0 Å². The average Bonchev–Trinajstić information content (AvgIpc) is 2.27. The average molecular weight is 284 g/mol. The molecule has 1 aliphatic heterocycles. The van der Waals surface area contributed by atoms with E-state index in [0.717, 1.165) is 0 Å². The summed E-state index contributed by atoms with van der Waals surface area (Å²) < 4.78 is 40.8. The summed E-state index contributed by atoms with van der Waals surface area (Å²) in [5, 5.41) is 12.2. The highest BCUT2D eigenvalue weighted by molar-refractivity contribution is 5.78. The maximum Gasteiger partial charge on any atom is 0.401 e. The highest BCUT2D eigenvalue weighted by Crippen LogP contribution is 2.21. The second-order valence-corrected chi connectivity index (χ2v) is 4.81. The van der Waals surface area contributed by atoms with Crippen LogP contribution >= 0.6 is 0 Å². The molecule has 0 bridgehead atoms. The van der Waals surface area contributed by atoms with Gasteiger partial charge in [-0.25, -0.2) is 0 Å². The van der Waals surface area contributed by atoms with Gasteiger partial charge in [-0.3, -0.25) is 4.79 Å². The number of carbonyl (C=O) groups is 1. The fourth-order valence-corrected chi connectivity index (χ4v) is 1.89. The topological polar surface area (TPSA) is 61.8 Å². The van der Waals surface area contributed by atoms with Crippen LogP contribution in [0.25, 0.3) is 0 Å². The highest BCUT2D eigenvalue weighted by Gasteiger charge is 2.32. The molecule has 1 heterocycles. The molecule has 0 unspecified atom stereocenters. The molecule has 1 rings (SSSR count). The lowest BCUT2D eigenvalue weighted by atomic mass is 9.94. The lowest BCUT2D eigenvalue weighted by molar-refractivity contribution is -0.138. The van der Waals surface area contributed by atoms with Crippen molar-refractivity contribution in [1.29, 1.82) is 0 Å². The molecule has 0 spiro atoms. The van der Waals surface area contributed by atoms with Crippen LogP contribution in [0.3, 0.4) is 0 Å². The van der Waals surface area contributed by atoms with Crippen LogP contribution in [0, 0.1) is 0 Å². The van der Waals surface area contributed by atoms with Crippen LogP contribution in [0.4, 0.5) is 13.2 Å². The molecule has 2 N–H and O–H groups in total. The van der Waals surface area contributed by atoms with Gasteiger partial charge in [-0.2, -0.15) is 13.2 Å². The third-order valence-corrected chi connectivity index (χ3v) is 2.98. The zero-order valence-corrected chi connectivity index (χ0v) is 10.8. The Labute approximate surface area is 109 Å². The summed E-state index contributed by atoms with van der Waals surface area (Å²) in [5.74, 6) is -0.482. The van der Waals surface area contributed by atoms with Gasteiger partial charge in [0.25, 0.3) is 0 Å². The smallest absolute Gasteiger partial charge is 0.388 e. The highest BCUT2D eigenvalue weighted by atomic mass is 19.4. The molecule has 0 aromatic carbocycles. The van der Waals surface area contributed by atoms with Crippen LogP contribution in [-0.4, -0.2) is 67.6 Å². The predicted octanol–water partition coefficient (Wildman–Crippen LogP) is 0.138. The monoisotopic (exact) mass is 284 g/mol. The van der Waals surface area contributed by atoms with Crippen LogP contribution in [-0.2, 0) is 9.53 Å². The zero-order valence-electron chi connectivity index (χ0n) is 10.8. The summed E-state index contributed by atoms with van der Waals surface area (Å²) in [6, 6.07) is 0. The van der Waals surface area contributed by atoms with E-state index in [1.54, 1.807) is 0 Å². The second kappa shape index (κ2) is 6.53. The first kappa shape index (κ1) is 16.2. The largest absolute Gasteiger partial charge is 0.401 e. The molecule has 8 heteroatoms. The minimum atomic E-state index is -4.34. The number of likely N-dealkylation sites (N-methyl/N-ethyl adjacent to an activating group) is 1. The Hall–Kier alpha value is -0.860. The van der Waals surface area contributed by atoms with Crippen LogP contribution in [0.2, 0.25) is 0 Å². The molecule has 1 amide bonds. The summed E-state index contributed by atoms with van der Waals surface area (Å²) in [4.78, 5) is 12.8. The van der Waals surface area contributed by atoms with Crippen molar-refractivity contribution in [1.82, 2.24) is 10.2 Å². The minimum Gasteiger partial charge on any atom is -0.388 e. The number of hydrogen-bond donors (Lipinski definition) is 2. The molecule has 1 saturated heterocycles. The Morgan fingerprint density at radius 1 is 1.42 bits per heavy atom. The lowest BCUT2D eigenvalue weighted by Gasteiger charge is -2.35. The van der Waals surface area contributed by atoms with Gasteiger partial charge in [-0.05, 0) is 0 Å². The standard InChI is InChI=1S/C11H19F3N2O3/c1-16(8-10(18)2-4-19-5-3-10)9(17)6-15-7-11(12,13)14/h15,18H,2-8H2,1H3. The van der Waals surface area contributed by atoms with Gasteiger partial charge in [-0.15, -0.1) is 0 Å². The first-order valence-corrected chi connectivity index (χ1v) is 6.03. The van der Waals surface area contributed by atoms with E-state index in [1.807, 2.05) is 5.32 Å². The number of halogens is 3. The Balaban J connectivity index is 2.32. The van der Waals surface area contributed by atoms with Crippen molar-refractivity contribution >= 4 is 5.91 Å². The SMILES string of the molecule is CN(CC1(O)CCOCC1)C(=O)CNCC(F)(F)F. The molecule has 0 aromatic heterocycles. The van der Waals surface area contributed by atoms with Gasteiger partial charge < -0.3 is 20.1 Å². The van der Waals surface area contributed by atoms with Crippen LogP contribution in [0.15, 0.2) is 0 Å². The van der Waals surface area contributed by atoms with Crippen molar-refractivity contribution in [2.75, 3.05) is 39.9 Å². The van der Waals surface area contributed by atoms with E-state index in [4.69, 9.17) is 4.74 Å². The van der Waals surface area contributed by atoms with Gasteiger partial charge in [0, 0.05) is 39.6 Å². The number of carbonyl (C=O) groups excluding carboxylic acids is 1. The number of alkyl halides is 3. The number of hydrogen-bond acceptors (Lipinski definition) is 4. The Kier molecular flexibility index (Phi) is 5.57. The Morgan fingerprint density at radius 2 is 2.00 bits per heavy atom. The number of nitrogens with zero attached hydrogens (tertiary/aromatic N) is 1. The molecule has 0 aliphatic carbocycles. The molecule has 0 saturated carbocycles. The Bertz CT molecular complexity index is 304. The molecule has 0 atom stereocenters. The number of ether oxygens (including phenoxy) is 1.